The lowest BCUT2D eigenvalue weighted by molar-refractivity contribution is -0.146. The Hall–Kier alpha value is -0.720. The average molecular weight is 286 g/mol. The maximum atomic E-state index is 12.8. The Kier molecular flexibility index (Phi) is 4.43. The van der Waals surface area contributed by atoms with Gasteiger partial charge in [-0.1, -0.05) is 19.1 Å². The highest BCUT2D eigenvalue weighted by atomic mass is 32.1. The quantitative estimate of drug-likeness (QED) is 0.714. The number of amides is 1. The minimum atomic E-state index is -0.770. The minimum Gasteiger partial charge on any atom is -0.392 e. The molecule has 0 saturated carbocycles. The number of ether oxygens (including phenoxy) is 1. The van der Waals surface area contributed by atoms with Crippen molar-refractivity contribution in [1.82, 2.24) is 4.90 Å². The average Bonchev–Trinajstić information content (AvgIpc) is 2.41. The summed E-state index contributed by atoms with van der Waals surface area (Å²) in [6, 6.07) is 0. The van der Waals surface area contributed by atoms with E-state index in [-0.39, 0.29) is 16.8 Å². The molecule has 2 aliphatic rings. The Balaban J connectivity index is 2.14. The Labute approximate surface area is 119 Å². The van der Waals surface area contributed by atoms with E-state index in [9.17, 15) is 9.90 Å². The SMILES string of the molecule is CC1CCN(C(=O)C2(C(N)=S)CCOCC2)CC1O. The highest BCUT2D eigenvalue weighted by Gasteiger charge is 2.46. The molecule has 5 nitrogen and oxygen atoms in total. The van der Waals surface area contributed by atoms with E-state index >= 15 is 0 Å². The van der Waals surface area contributed by atoms with Crippen molar-refractivity contribution in [3.63, 3.8) is 0 Å². The van der Waals surface area contributed by atoms with Gasteiger partial charge in [0, 0.05) is 26.3 Å². The molecule has 0 radical (unpaired) electrons. The van der Waals surface area contributed by atoms with Crippen LogP contribution in [-0.4, -0.2) is 53.3 Å². The molecule has 0 aromatic heterocycles. The van der Waals surface area contributed by atoms with Crippen LogP contribution in [0.4, 0.5) is 0 Å². The van der Waals surface area contributed by atoms with Crippen molar-refractivity contribution in [2.45, 2.75) is 32.3 Å². The molecule has 2 fully saturated rings. The molecule has 2 aliphatic heterocycles. The molecule has 108 valence electrons. The fourth-order valence-electron chi connectivity index (χ4n) is 2.82. The summed E-state index contributed by atoms with van der Waals surface area (Å²) in [5.74, 6) is 0.203. The third kappa shape index (κ3) is 2.75. The molecule has 2 unspecified atom stereocenters. The van der Waals surface area contributed by atoms with Crippen LogP contribution in [0.2, 0.25) is 0 Å². The van der Waals surface area contributed by atoms with Gasteiger partial charge in [-0.25, -0.2) is 0 Å². The highest BCUT2D eigenvalue weighted by molar-refractivity contribution is 7.80. The van der Waals surface area contributed by atoms with Crippen molar-refractivity contribution in [2.24, 2.45) is 17.1 Å². The molecular weight excluding hydrogens is 264 g/mol. The molecular formula is C13H22N2O3S. The summed E-state index contributed by atoms with van der Waals surface area (Å²) in [6.45, 7) is 4.07. The van der Waals surface area contributed by atoms with Gasteiger partial charge in [0.25, 0.3) is 0 Å². The fourth-order valence-corrected chi connectivity index (χ4v) is 3.11. The van der Waals surface area contributed by atoms with Crippen LogP contribution in [-0.2, 0) is 9.53 Å². The maximum Gasteiger partial charge on any atom is 0.235 e. The van der Waals surface area contributed by atoms with E-state index in [1.54, 1.807) is 4.90 Å². The Morgan fingerprint density at radius 2 is 2.11 bits per heavy atom. The van der Waals surface area contributed by atoms with Crippen LogP contribution < -0.4 is 5.73 Å². The first-order valence-electron chi connectivity index (χ1n) is 6.82. The third-order valence-electron chi connectivity index (χ3n) is 4.43. The molecule has 0 aromatic carbocycles. The van der Waals surface area contributed by atoms with Crippen LogP contribution in [0, 0.1) is 11.3 Å². The number of nitrogens with two attached hydrogens (primary N) is 1. The standard InChI is InChI=1S/C13H22N2O3S/c1-9-2-5-15(8-10(9)16)12(17)13(11(14)19)3-6-18-7-4-13/h9-10,16H,2-8H2,1H3,(H2,14,19). The number of thiocarbonyl (C=S) groups is 1. The number of rotatable bonds is 2. The summed E-state index contributed by atoms with van der Waals surface area (Å²) in [5, 5.41) is 9.94. The summed E-state index contributed by atoms with van der Waals surface area (Å²) >= 11 is 5.14. The van der Waals surface area contributed by atoms with Gasteiger partial charge in [-0.3, -0.25) is 4.79 Å². The molecule has 2 heterocycles. The van der Waals surface area contributed by atoms with Gasteiger partial charge in [0.1, 0.15) is 5.41 Å². The Morgan fingerprint density at radius 3 is 2.63 bits per heavy atom. The number of β-amino-alcohol motifs (C(OH)–C–C–N with tert-alkyl or cyclic N) is 1. The lowest BCUT2D eigenvalue weighted by Gasteiger charge is -2.42. The summed E-state index contributed by atoms with van der Waals surface area (Å²) in [5.41, 5.74) is 5.07. The van der Waals surface area contributed by atoms with Crippen LogP contribution in [0.1, 0.15) is 26.2 Å². The second kappa shape index (κ2) is 5.73. The maximum absolute atomic E-state index is 12.8. The number of hydrogen-bond donors (Lipinski definition) is 2. The first kappa shape index (κ1) is 14.7. The summed E-state index contributed by atoms with van der Waals surface area (Å²) < 4.78 is 5.32. The minimum absolute atomic E-state index is 0.0331. The van der Waals surface area contributed by atoms with E-state index in [1.807, 2.05) is 6.92 Å². The first-order valence-corrected chi connectivity index (χ1v) is 7.23. The van der Waals surface area contributed by atoms with E-state index in [2.05, 4.69) is 0 Å². The molecule has 6 heteroatoms. The van der Waals surface area contributed by atoms with Gasteiger partial charge in [0.2, 0.25) is 5.91 Å². The van der Waals surface area contributed by atoms with Crippen LogP contribution >= 0.6 is 12.2 Å². The van der Waals surface area contributed by atoms with Gasteiger partial charge in [0.05, 0.1) is 11.1 Å². The molecule has 2 saturated heterocycles. The van der Waals surface area contributed by atoms with Crippen molar-refractivity contribution < 1.29 is 14.6 Å². The number of carbonyl (C=O) groups excluding carboxylic acids is 1. The zero-order chi connectivity index (χ0) is 14.0. The van der Waals surface area contributed by atoms with Crippen LogP contribution in [0.3, 0.4) is 0 Å². The number of aliphatic hydroxyl groups is 1. The molecule has 0 aliphatic carbocycles. The predicted octanol–water partition coefficient (Wildman–Crippen LogP) is 0.299. The highest BCUT2D eigenvalue weighted by Crippen LogP contribution is 2.34. The molecule has 2 atom stereocenters. The van der Waals surface area contributed by atoms with Crippen molar-refractivity contribution in [1.29, 1.82) is 0 Å². The van der Waals surface area contributed by atoms with Crippen molar-refractivity contribution in [2.75, 3.05) is 26.3 Å². The van der Waals surface area contributed by atoms with Crippen molar-refractivity contribution >= 4 is 23.1 Å². The molecule has 0 bridgehead atoms. The smallest absolute Gasteiger partial charge is 0.235 e. The lowest BCUT2D eigenvalue weighted by atomic mass is 9.78. The van der Waals surface area contributed by atoms with E-state index in [0.717, 1.165) is 6.42 Å². The first-order chi connectivity index (χ1) is 8.97. The zero-order valence-corrected chi connectivity index (χ0v) is 12.1. The Bertz CT molecular complexity index is 369. The zero-order valence-electron chi connectivity index (χ0n) is 11.3. The van der Waals surface area contributed by atoms with Crippen LogP contribution in [0.5, 0.6) is 0 Å². The molecule has 0 aromatic rings. The monoisotopic (exact) mass is 286 g/mol. The number of nitrogens with zero attached hydrogens (tertiary/aromatic N) is 1. The number of likely N-dealkylation sites (tertiary alicyclic amines) is 1. The van der Waals surface area contributed by atoms with E-state index < -0.39 is 11.5 Å². The number of aliphatic hydroxyl groups excluding tert-OH is 1. The number of piperidine rings is 1. The summed E-state index contributed by atoms with van der Waals surface area (Å²) in [6.07, 6.45) is 1.45. The molecule has 1 amide bonds. The molecule has 2 rings (SSSR count). The third-order valence-corrected chi connectivity index (χ3v) is 4.82. The van der Waals surface area contributed by atoms with E-state index in [4.69, 9.17) is 22.7 Å². The van der Waals surface area contributed by atoms with Gasteiger partial charge in [0.15, 0.2) is 0 Å². The van der Waals surface area contributed by atoms with Crippen LogP contribution in [0.15, 0.2) is 0 Å². The number of hydrogen-bond acceptors (Lipinski definition) is 4. The van der Waals surface area contributed by atoms with Crippen molar-refractivity contribution in [3.05, 3.63) is 0 Å². The van der Waals surface area contributed by atoms with Gasteiger partial charge in [-0.05, 0) is 25.2 Å². The van der Waals surface area contributed by atoms with Crippen molar-refractivity contribution in [3.8, 4) is 0 Å². The summed E-state index contributed by atoms with van der Waals surface area (Å²) in [4.78, 5) is 14.7. The second-order valence-electron chi connectivity index (χ2n) is 5.64. The lowest BCUT2D eigenvalue weighted by Crippen LogP contribution is -2.56. The van der Waals surface area contributed by atoms with E-state index in [0.29, 0.717) is 39.1 Å². The molecule has 3 N–H and O–H groups in total. The topological polar surface area (TPSA) is 75.8 Å². The van der Waals surface area contributed by atoms with Gasteiger partial charge < -0.3 is 20.5 Å². The van der Waals surface area contributed by atoms with E-state index in [1.165, 1.54) is 0 Å². The largest absolute Gasteiger partial charge is 0.392 e. The van der Waals surface area contributed by atoms with Gasteiger partial charge >= 0.3 is 0 Å². The van der Waals surface area contributed by atoms with Gasteiger partial charge in [-0.2, -0.15) is 0 Å². The molecule has 0 spiro atoms. The number of carbonyl (C=O) groups is 1. The van der Waals surface area contributed by atoms with Gasteiger partial charge in [-0.15, -0.1) is 0 Å². The summed E-state index contributed by atoms with van der Waals surface area (Å²) in [7, 11) is 0. The molecule has 19 heavy (non-hydrogen) atoms. The predicted molar refractivity (Wildman–Crippen MR) is 75.6 cm³/mol. The fraction of sp³-hybridized carbons (Fsp3) is 0.846. The second-order valence-corrected chi connectivity index (χ2v) is 6.08. The van der Waals surface area contributed by atoms with Crippen LogP contribution in [0.25, 0.3) is 0 Å². The Morgan fingerprint density at radius 1 is 1.47 bits per heavy atom. The normalized spacial score (nSPS) is 30.9.